The molecule has 19 heteroatoms. The maximum atomic E-state index is 13.1. The minimum absolute atomic E-state index is 0.0832. The summed E-state index contributed by atoms with van der Waals surface area (Å²) in [6, 6.07) is 0. The second-order valence-electron chi connectivity index (χ2n) is 26.3. The van der Waals surface area contributed by atoms with Crippen molar-refractivity contribution in [3.05, 3.63) is 48.6 Å². The number of aliphatic hydroxyl groups is 1. The second kappa shape index (κ2) is 70.5. The summed E-state index contributed by atoms with van der Waals surface area (Å²) in [6.07, 6.45) is 66.6. The van der Waals surface area contributed by atoms with Gasteiger partial charge in [-0.1, -0.05) is 282 Å². The fourth-order valence-electron chi connectivity index (χ4n) is 10.8. The summed E-state index contributed by atoms with van der Waals surface area (Å²) >= 11 is 0. The molecular weight excluding hydrogens is 1260 g/mol. The Morgan fingerprint density at radius 1 is 0.292 bits per heavy atom. The zero-order valence-electron chi connectivity index (χ0n) is 61.3. The van der Waals surface area contributed by atoms with Crippen LogP contribution >= 0.6 is 15.6 Å². The number of carbonyl (C=O) groups is 4. The van der Waals surface area contributed by atoms with E-state index in [-0.39, 0.29) is 25.7 Å². The topological polar surface area (TPSA) is 237 Å². The van der Waals surface area contributed by atoms with Gasteiger partial charge in [-0.3, -0.25) is 37.3 Å². The molecule has 0 rings (SSSR count). The molecule has 96 heavy (non-hydrogen) atoms. The normalized spacial score (nSPS) is 14.2. The van der Waals surface area contributed by atoms with Gasteiger partial charge in [-0.2, -0.15) is 0 Å². The maximum Gasteiger partial charge on any atom is 0.472 e. The highest BCUT2D eigenvalue weighted by molar-refractivity contribution is 7.47. The van der Waals surface area contributed by atoms with Crippen LogP contribution in [-0.4, -0.2) is 96.7 Å². The summed E-state index contributed by atoms with van der Waals surface area (Å²) < 4.78 is 68.5. The van der Waals surface area contributed by atoms with Crippen molar-refractivity contribution in [2.45, 2.75) is 380 Å². The molecule has 0 bridgehead atoms. The molecule has 0 aromatic carbocycles. The molecule has 3 N–H and O–H groups in total. The third kappa shape index (κ3) is 69.5. The number of carbonyl (C=O) groups excluding carboxylic acids is 4. The third-order valence-electron chi connectivity index (χ3n) is 16.8. The van der Waals surface area contributed by atoms with E-state index in [4.69, 9.17) is 37.0 Å². The number of hydrogen-bond donors (Lipinski definition) is 3. The van der Waals surface area contributed by atoms with Crippen molar-refractivity contribution >= 4 is 39.5 Å². The first kappa shape index (κ1) is 93.0. The number of rotatable bonds is 74. The summed E-state index contributed by atoms with van der Waals surface area (Å²) in [7, 11) is -9.94. The SMILES string of the molecule is CCCCCC/C=C\C=C/CCCCCCCC(=O)O[C@H](COC(=O)CCCCCCCCCCCCCCC)COP(=O)(O)OC[C@@H](O)COP(=O)(O)OC[C@@H](COC(=O)CCCCCCC/C=C\CCCCCC)OC(=O)CCCCCCC/C=C\CCCCCCCC. The molecule has 0 aromatic rings. The van der Waals surface area contributed by atoms with Crippen LogP contribution in [0.1, 0.15) is 362 Å². The zero-order chi connectivity index (χ0) is 70.4. The van der Waals surface area contributed by atoms with Crippen LogP contribution in [0.15, 0.2) is 48.6 Å². The molecule has 562 valence electrons. The zero-order valence-corrected chi connectivity index (χ0v) is 63.1. The third-order valence-corrected chi connectivity index (χ3v) is 18.7. The molecule has 0 aromatic heterocycles. The van der Waals surface area contributed by atoms with Crippen molar-refractivity contribution in [1.82, 2.24) is 0 Å². The van der Waals surface area contributed by atoms with Gasteiger partial charge in [-0.05, 0) is 103 Å². The van der Waals surface area contributed by atoms with Gasteiger partial charge >= 0.3 is 39.5 Å². The van der Waals surface area contributed by atoms with E-state index in [9.17, 15) is 43.2 Å². The summed E-state index contributed by atoms with van der Waals surface area (Å²) in [6.45, 7) is 4.86. The van der Waals surface area contributed by atoms with E-state index in [0.29, 0.717) is 25.7 Å². The molecule has 0 aliphatic carbocycles. The van der Waals surface area contributed by atoms with E-state index in [1.54, 1.807) is 0 Å². The first-order valence-corrected chi connectivity index (χ1v) is 41.9. The Bertz CT molecular complexity index is 2010. The second-order valence-corrected chi connectivity index (χ2v) is 29.2. The van der Waals surface area contributed by atoms with Gasteiger partial charge in [0.15, 0.2) is 12.2 Å². The molecule has 0 radical (unpaired) electrons. The van der Waals surface area contributed by atoms with Crippen LogP contribution in [0.3, 0.4) is 0 Å². The maximum absolute atomic E-state index is 13.1. The van der Waals surface area contributed by atoms with Gasteiger partial charge in [0.05, 0.1) is 26.4 Å². The van der Waals surface area contributed by atoms with Gasteiger partial charge in [0, 0.05) is 25.7 Å². The Labute approximate surface area is 585 Å². The molecule has 0 aliphatic rings. The lowest BCUT2D eigenvalue weighted by atomic mass is 10.0. The van der Waals surface area contributed by atoms with Gasteiger partial charge in [0.1, 0.15) is 19.3 Å². The van der Waals surface area contributed by atoms with Gasteiger partial charge < -0.3 is 33.8 Å². The summed E-state index contributed by atoms with van der Waals surface area (Å²) in [5.74, 6) is -2.18. The Morgan fingerprint density at radius 3 is 0.792 bits per heavy atom. The van der Waals surface area contributed by atoms with Crippen molar-refractivity contribution < 1.29 is 80.2 Å². The molecule has 5 atom stereocenters. The number of allylic oxidation sites excluding steroid dienone is 8. The van der Waals surface area contributed by atoms with Crippen LogP contribution in [0.25, 0.3) is 0 Å². The average molecular weight is 1400 g/mol. The first-order chi connectivity index (χ1) is 46.7. The highest BCUT2D eigenvalue weighted by Gasteiger charge is 2.30. The van der Waals surface area contributed by atoms with Crippen LogP contribution in [0, 0.1) is 0 Å². The van der Waals surface area contributed by atoms with E-state index in [0.717, 1.165) is 135 Å². The predicted octanol–water partition coefficient (Wildman–Crippen LogP) is 22.1. The molecule has 0 amide bonds. The summed E-state index contributed by atoms with van der Waals surface area (Å²) in [5, 5.41) is 10.6. The highest BCUT2D eigenvalue weighted by atomic mass is 31.2. The van der Waals surface area contributed by atoms with Crippen molar-refractivity contribution in [3.63, 3.8) is 0 Å². The summed E-state index contributed by atoms with van der Waals surface area (Å²) in [4.78, 5) is 72.8. The standard InChI is InChI=1S/C77H142O17P2/c1-5-9-13-17-21-25-29-33-35-39-43-47-51-55-59-63-76(81)93-72(67-87-74(79)61-57-53-49-45-41-37-31-27-23-19-15-11-7-3)69-91-95(83,84)89-65-71(78)66-90-96(85,86)92-70-73(68-88-75(80)62-58-54-50-46-42-38-32-28-24-20-16-12-8-4)94-77(82)64-60-56-52-48-44-40-36-34-30-26-22-18-14-10-6-2/h25,28-29,32-36,71-73,78H,5-24,26-27,30-31,37-70H2,1-4H3,(H,83,84)(H,85,86)/b29-25-,32-28-,35-33-,36-34-/t71-,72-,73-/m1/s1. The molecule has 0 aliphatic heterocycles. The molecular formula is C77H142O17P2. The lowest BCUT2D eigenvalue weighted by Crippen LogP contribution is -2.30. The molecule has 0 saturated heterocycles. The lowest BCUT2D eigenvalue weighted by Gasteiger charge is -2.21. The fraction of sp³-hybridized carbons (Fsp3) is 0.844. The van der Waals surface area contributed by atoms with Crippen LogP contribution < -0.4 is 0 Å². The summed E-state index contributed by atoms with van der Waals surface area (Å²) in [5.41, 5.74) is 0. The fourth-order valence-corrected chi connectivity index (χ4v) is 12.4. The van der Waals surface area contributed by atoms with E-state index < -0.39 is 97.5 Å². The van der Waals surface area contributed by atoms with Crippen molar-refractivity contribution in [1.29, 1.82) is 0 Å². The minimum Gasteiger partial charge on any atom is -0.462 e. The number of phosphoric ester groups is 2. The molecule has 0 fully saturated rings. The number of hydrogen-bond acceptors (Lipinski definition) is 15. The molecule has 0 spiro atoms. The Hall–Kier alpha value is -2.98. The smallest absolute Gasteiger partial charge is 0.462 e. The van der Waals surface area contributed by atoms with Crippen LogP contribution in [0.2, 0.25) is 0 Å². The Balaban J connectivity index is 5.33. The molecule has 17 nitrogen and oxygen atoms in total. The predicted molar refractivity (Wildman–Crippen MR) is 390 cm³/mol. The molecule has 2 unspecified atom stereocenters. The van der Waals surface area contributed by atoms with Gasteiger partial charge in [0.2, 0.25) is 0 Å². The Kier molecular flexibility index (Phi) is 68.3. The number of aliphatic hydroxyl groups excluding tert-OH is 1. The number of esters is 4. The van der Waals surface area contributed by atoms with Crippen LogP contribution in [-0.2, 0) is 65.4 Å². The number of phosphoric acid groups is 2. The molecule has 0 saturated carbocycles. The van der Waals surface area contributed by atoms with E-state index in [2.05, 4.69) is 76.3 Å². The van der Waals surface area contributed by atoms with Crippen molar-refractivity contribution in [3.8, 4) is 0 Å². The lowest BCUT2D eigenvalue weighted by molar-refractivity contribution is -0.161. The largest absolute Gasteiger partial charge is 0.472 e. The van der Waals surface area contributed by atoms with Crippen molar-refractivity contribution in [2.75, 3.05) is 39.6 Å². The van der Waals surface area contributed by atoms with Crippen LogP contribution in [0.4, 0.5) is 0 Å². The monoisotopic (exact) mass is 1400 g/mol. The van der Waals surface area contributed by atoms with Gasteiger partial charge in [-0.25, -0.2) is 9.13 Å². The van der Waals surface area contributed by atoms with Crippen LogP contribution in [0.5, 0.6) is 0 Å². The van der Waals surface area contributed by atoms with Gasteiger partial charge in [-0.15, -0.1) is 0 Å². The van der Waals surface area contributed by atoms with Crippen molar-refractivity contribution in [2.24, 2.45) is 0 Å². The van der Waals surface area contributed by atoms with E-state index >= 15 is 0 Å². The highest BCUT2D eigenvalue weighted by Crippen LogP contribution is 2.45. The first-order valence-electron chi connectivity index (χ1n) is 38.9. The average Bonchev–Trinajstić information content (AvgIpc) is 1.19. The van der Waals surface area contributed by atoms with E-state index in [1.807, 2.05) is 0 Å². The number of unbranched alkanes of at least 4 members (excludes halogenated alkanes) is 41. The number of ether oxygens (including phenoxy) is 4. The van der Waals surface area contributed by atoms with E-state index in [1.165, 1.54) is 148 Å². The molecule has 0 heterocycles. The van der Waals surface area contributed by atoms with Gasteiger partial charge in [0.25, 0.3) is 0 Å². The Morgan fingerprint density at radius 2 is 0.510 bits per heavy atom. The minimum atomic E-state index is -4.97. The quantitative estimate of drug-likeness (QED) is 0.0128.